The average Bonchev–Trinajstić information content (AvgIpc) is 2.87. The number of nitrogens with one attached hydrogen (secondary N) is 4. The Morgan fingerprint density at radius 2 is 1.19 bits per heavy atom. The monoisotopic (exact) mass is 554 g/mol. The summed E-state index contributed by atoms with van der Waals surface area (Å²) in [6, 6.07) is 0. The average molecular weight is 555 g/mol. The van der Waals surface area contributed by atoms with Gasteiger partial charge in [-0.2, -0.15) is 11.8 Å². The number of hydrogen-bond donors (Lipinski definition) is 4. The normalized spacial score (nSPS) is 9.67. The fourth-order valence-corrected chi connectivity index (χ4v) is 3.40. The number of rotatable bonds is 18. The van der Waals surface area contributed by atoms with Gasteiger partial charge in [0.2, 0.25) is 17.7 Å². The lowest BCUT2D eigenvalue weighted by molar-refractivity contribution is -0.124. The molecule has 0 aliphatic rings. The minimum atomic E-state index is -0.171. The second-order valence-electron chi connectivity index (χ2n) is 8.06. The molecule has 0 aromatic rings. The van der Waals surface area contributed by atoms with Crippen molar-refractivity contribution in [2.45, 2.75) is 81.1 Å². The molecule has 0 aliphatic heterocycles. The third-order valence-electron chi connectivity index (χ3n) is 4.04. The zero-order valence-corrected chi connectivity index (χ0v) is 26.5. The maximum atomic E-state index is 11.3. The van der Waals surface area contributed by atoms with Crippen LogP contribution >= 0.6 is 23.8 Å². The van der Waals surface area contributed by atoms with E-state index in [1.807, 2.05) is 46.5 Å². The Bertz CT molecular complexity index is 483. The third-order valence-corrected chi connectivity index (χ3v) is 5.41. The summed E-state index contributed by atoms with van der Waals surface area (Å²) < 4.78 is 4.86. The summed E-state index contributed by atoms with van der Waals surface area (Å²) in [7, 11) is 1.86. The standard InChI is InChI=1S/C11H22N2O3S.C11H24N2OS.2C2H6/c1-9(2)4-5-10(14)12-6-7-13-11(15)8-16-17-3;1-10(2)5-8-15-9-7-13-11(14)4-6-12-3;2*1-2/h9H,4-8H2,1-3H3,(H,12,14)(H,13,15);10,12H,4-9H2,1-3H3,(H,13,14);2*1-2H3. The Labute approximate surface area is 231 Å². The number of carbonyl (C=O) groups is 3. The van der Waals surface area contributed by atoms with Crippen molar-refractivity contribution in [1.82, 2.24) is 21.3 Å². The highest BCUT2D eigenvalue weighted by molar-refractivity contribution is 7.99. The Hall–Kier alpha value is -0.970. The number of carbonyl (C=O) groups excluding carboxylic acids is 3. The molecule has 0 aromatic carbocycles. The van der Waals surface area contributed by atoms with Gasteiger partial charge < -0.3 is 25.5 Å². The van der Waals surface area contributed by atoms with Crippen LogP contribution in [0, 0.1) is 11.8 Å². The van der Waals surface area contributed by atoms with Gasteiger partial charge in [0.25, 0.3) is 0 Å². The summed E-state index contributed by atoms with van der Waals surface area (Å²) in [6.07, 6.45) is 5.02. The van der Waals surface area contributed by atoms with Gasteiger partial charge in [-0.25, -0.2) is 0 Å². The minimum absolute atomic E-state index is 0.0355. The first-order valence-electron chi connectivity index (χ1n) is 13.4. The van der Waals surface area contributed by atoms with E-state index in [1.165, 1.54) is 12.2 Å². The van der Waals surface area contributed by atoms with Gasteiger partial charge in [0.05, 0.1) is 0 Å². The molecule has 0 bridgehead atoms. The van der Waals surface area contributed by atoms with Gasteiger partial charge >= 0.3 is 0 Å². The van der Waals surface area contributed by atoms with E-state index in [0.717, 1.165) is 43.2 Å². The van der Waals surface area contributed by atoms with Gasteiger partial charge in [-0.1, -0.05) is 55.4 Å². The van der Waals surface area contributed by atoms with Gasteiger partial charge in [-0.3, -0.25) is 14.4 Å². The molecule has 8 nitrogen and oxygen atoms in total. The largest absolute Gasteiger partial charge is 0.355 e. The molecule has 218 valence electrons. The number of hydrogen-bond acceptors (Lipinski definition) is 7. The van der Waals surface area contributed by atoms with Crippen molar-refractivity contribution in [3.8, 4) is 0 Å². The van der Waals surface area contributed by atoms with Crippen molar-refractivity contribution in [2.75, 3.05) is 57.6 Å². The lowest BCUT2D eigenvalue weighted by atomic mass is 10.1. The lowest BCUT2D eigenvalue weighted by Gasteiger charge is -2.07. The molecule has 0 spiro atoms. The van der Waals surface area contributed by atoms with E-state index in [9.17, 15) is 14.4 Å². The first-order chi connectivity index (χ1) is 17.2. The van der Waals surface area contributed by atoms with Crippen LogP contribution in [0.1, 0.15) is 81.1 Å². The summed E-state index contributed by atoms with van der Waals surface area (Å²) in [5.74, 6) is 3.55. The summed E-state index contributed by atoms with van der Waals surface area (Å²) in [6.45, 7) is 19.1. The first kappa shape index (κ1) is 42.1. The van der Waals surface area contributed by atoms with Crippen LogP contribution in [0.2, 0.25) is 0 Å². The number of thioether (sulfide) groups is 1. The molecule has 0 heterocycles. The Morgan fingerprint density at radius 1 is 0.694 bits per heavy atom. The predicted molar refractivity (Wildman–Crippen MR) is 161 cm³/mol. The zero-order valence-electron chi connectivity index (χ0n) is 24.9. The van der Waals surface area contributed by atoms with Crippen LogP contribution in [-0.2, 0) is 18.6 Å². The highest BCUT2D eigenvalue weighted by atomic mass is 32.2. The van der Waals surface area contributed by atoms with E-state index in [4.69, 9.17) is 4.18 Å². The molecule has 0 radical (unpaired) electrons. The Balaban J connectivity index is -0.000000251. The molecule has 0 atom stereocenters. The van der Waals surface area contributed by atoms with Crippen LogP contribution in [0.15, 0.2) is 0 Å². The molecule has 4 N–H and O–H groups in total. The highest BCUT2D eigenvalue weighted by Crippen LogP contribution is 2.07. The van der Waals surface area contributed by atoms with Gasteiger partial charge in [0.15, 0.2) is 0 Å². The molecule has 10 heteroatoms. The maximum absolute atomic E-state index is 11.3. The fraction of sp³-hybridized carbons (Fsp3) is 0.885. The van der Waals surface area contributed by atoms with Crippen LogP contribution in [0.3, 0.4) is 0 Å². The highest BCUT2D eigenvalue weighted by Gasteiger charge is 2.04. The van der Waals surface area contributed by atoms with Gasteiger partial charge in [-0.15, -0.1) is 0 Å². The second-order valence-corrected chi connectivity index (χ2v) is 9.85. The summed E-state index contributed by atoms with van der Waals surface area (Å²) >= 11 is 3.07. The Morgan fingerprint density at radius 3 is 1.69 bits per heavy atom. The van der Waals surface area contributed by atoms with Gasteiger partial charge in [0, 0.05) is 51.0 Å². The number of amides is 3. The molecule has 0 aliphatic carbocycles. The van der Waals surface area contributed by atoms with Crippen LogP contribution in [-0.4, -0.2) is 75.3 Å². The van der Waals surface area contributed by atoms with Crippen molar-refractivity contribution in [3.63, 3.8) is 0 Å². The van der Waals surface area contributed by atoms with E-state index in [0.29, 0.717) is 31.8 Å². The van der Waals surface area contributed by atoms with Crippen LogP contribution in [0.5, 0.6) is 0 Å². The maximum Gasteiger partial charge on any atom is 0.247 e. The zero-order chi connectivity index (χ0) is 28.6. The van der Waals surface area contributed by atoms with E-state index >= 15 is 0 Å². The fourth-order valence-electron chi connectivity index (χ4n) is 2.09. The molecule has 0 aromatic heterocycles. The third kappa shape index (κ3) is 43.1. The Kier molecular flexibility index (Phi) is 42.4. The molecule has 0 fully saturated rings. The summed E-state index contributed by atoms with van der Waals surface area (Å²) in [5.41, 5.74) is 0. The van der Waals surface area contributed by atoms with Crippen molar-refractivity contribution < 1.29 is 18.6 Å². The predicted octanol–water partition coefficient (Wildman–Crippen LogP) is 4.49. The van der Waals surface area contributed by atoms with Crippen molar-refractivity contribution >= 4 is 41.5 Å². The topological polar surface area (TPSA) is 109 Å². The van der Waals surface area contributed by atoms with E-state index in [2.05, 4.69) is 49.0 Å². The molecular formula is C26H58N4O4S2. The molecule has 0 rings (SSSR count). The van der Waals surface area contributed by atoms with E-state index < -0.39 is 0 Å². The van der Waals surface area contributed by atoms with Gasteiger partial charge in [0.1, 0.15) is 6.61 Å². The smallest absolute Gasteiger partial charge is 0.247 e. The minimum Gasteiger partial charge on any atom is -0.355 e. The van der Waals surface area contributed by atoms with Gasteiger partial charge in [-0.05, 0) is 49.5 Å². The SMILES string of the molecule is CC.CC.CNCCC(=O)NCCSCCC(C)C.CSOCC(=O)NCCNC(=O)CCC(C)C. The van der Waals surface area contributed by atoms with Crippen LogP contribution < -0.4 is 21.3 Å². The van der Waals surface area contributed by atoms with Crippen LogP contribution in [0.25, 0.3) is 0 Å². The summed E-state index contributed by atoms with van der Waals surface area (Å²) in [4.78, 5) is 33.6. The van der Waals surface area contributed by atoms with Crippen molar-refractivity contribution in [2.24, 2.45) is 11.8 Å². The van der Waals surface area contributed by atoms with E-state index in [-0.39, 0.29) is 24.3 Å². The van der Waals surface area contributed by atoms with Crippen molar-refractivity contribution in [1.29, 1.82) is 0 Å². The molecule has 0 saturated carbocycles. The lowest BCUT2D eigenvalue weighted by Crippen LogP contribution is -2.36. The molecule has 3 amide bonds. The molecule has 0 saturated heterocycles. The van der Waals surface area contributed by atoms with Crippen LogP contribution in [0.4, 0.5) is 0 Å². The second kappa shape index (κ2) is 36.2. The molecule has 36 heavy (non-hydrogen) atoms. The first-order valence-corrected chi connectivity index (χ1v) is 15.7. The summed E-state index contributed by atoms with van der Waals surface area (Å²) in [5, 5.41) is 11.3. The molecular weight excluding hydrogens is 496 g/mol. The molecule has 0 unspecified atom stereocenters. The quantitative estimate of drug-likeness (QED) is 0.146. The van der Waals surface area contributed by atoms with Crippen molar-refractivity contribution in [3.05, 3.63) is 0 Å². The van der Waals surface area contributed by atoms with E-state index in [1.54, 1.807) is 6.26 Å².